The van der Waals surface area contributed by atoms with Gasteiger partial charge in [-0.25, -0.2) is 15.0 Å². The van der Waals surface area contributed by atoms with Crippen molar-refractivity contribution in [2.24, 2.45) is 0 Å². The van der Waals surface area contributed by atoms with E-state index in [0.29, 0.717) is 34.5 Å². The molecule has 8 heteroatoms. The maximum Gasteiger partial charge on any atom is 0.255 e. The summed E-state index contributed by atoms with van der Waals surface area (Å²) in [6.45, 7) is 0. The largest absolute Gasteiger partial charge is 0.438 e. The molecule has 0 spiro atoms. The Bertz CT molecular complexity index is 1210. The molecule has 31 heavy (non-hydrogen) atoms. The third-order valence-corrected chi connectivity index (χ3v) is 4.83. The SMILES string of the molecule is CNc1nccc(-c2cccnc2Oc2ccc(NC(=O)c3cccc(Br)c3)cc2)n1. The highest BCUT2D eigenvalue weighted by Gasteiger charge is 2.11. The number of benzene rings is 2. The van der Waals surface area contributed by atoms with Gasteiger partial charge in [0.15, 0.2) is 0 Å². The van der Waals surface area contributed by atoms with Gasteiger partial charge < -0.3 is 15.4 Å². The summed E-state index contributed by atoms with van der Waals surface area (Å²) in [5.74, 6) is 1.33. The second kappa shape index (κ2) is 9.36. The zero-order chi connectivity index (χ0) is 21.6. The lowest BCUT2D eigenvalue weighted by Crippen LogP contribution is -2.11. The lowest BCUT2D eigenvalue weighted by molar-refractivity contribution is 0.102. The summed E-state index contributed by atoms with van der Waals surface area (Å²) >= 11 is 3.37. The molecule has 2 aromatic heterocycles. The number of rotatable bonds is 6. The van der Waals surface area contributed by atoms with E-state index in [1.165, 1.54) is 0 Å². The molecule has 2 heterocycles. The number of amides is 1. The fourth-order valence-corrected chi connectivity index (χ4v) is 3.25. The summed E-state index contributed by atoms with van der Waals surface area (Å²) in [6.07, 6.45) is 3.33. The van der Waals surface area contributed by atoms with E-state index in [4.69, 9.17) is 4.74 Å². The second-order valence-electron chi connectivity index (χ2n) is 6.46. The minimum atomic E-state index is -0.189. The first kappa shape index (κ1) is 20.5. The van der Waals surface area contributed by atoms with Gasteiger partial charge in [-0.05, 0) is 60.7 Å². The number of aromatic nitrogens is 3. The van der Waals surface area contributed by atoms with E-state index in [0.717, 1.165) is 10.0 Å². The van der Waals surface area contributed by atoms with Crippen LogP contribution in [0.15, 0.2) is 83.6 Å². The molecule has 0 atom stereocenters. The minimum absolute atomic E-state index is 0.189. The molecule has 4 rings (SSSR count). The van der Waals surface area contributed by atoms with Gasteiger partial charge in [0.2, 0.25) is 11.8 Å². The number of nitrogens with zero attached hydrogens (tertiary/aromatic N) is 3. The Labute approximate surface area is 187 Å². The number of halogens is 1. The molecule has 7 nitrogen and oxygen atoms in total. The summed E-state index contributed by atoms with van der Waals surface area (Å²) in [5, 5.41) is 5.79. The summed E-state index contributed by atoms with van der Waals surface area (Å²) < 4.78 is 6.83. The van der Waals surface area contributed by atoms with Crippen LogP contribution in [0.4, 0.5) is 11.6 Å². The summed E-state index contributed by atoms with van der Waals surface area (Å²) in [5.41, 5.74) is 2.67. The smallest absolute Gasteiger partial charge is 0.255 e. The van der Waals surface area contributed by atoms with Crippen LogP contribution in [0, 0.1) is 0 Å². The fourth-order valence-electron chi connectivity index (χ4n) is 2.85. The van der Waals surface area contributed by atoms with Crippen molar-refractivity contribution in [3.8, 4) is 22.9 Å². The zero-order valence-electron chi connectivity index (χ0n) is 16.5. The summed E-state index contributed by atoms with van der Waals surface area (Å²) in [4.78, 5) is 25.3. The molecule has 0 fully saturated rings. The van der Waals surface area contributed by atoms with Gasteiger partial charge >= 0.3 is 0 Å². The van der Waals surface area contributed by atoms with Crippen molar-refractivity contribution in [3.63, 3.8) is 0 Å². The number of hydrogen-bond acceptors (Lipinski definition) is 6. The third kappa shape index (κ3) is 5.04. The molecular formula is C23H18BrN5O2. The maximum atomic E-state index is 12.4. The number of carbonyl (C=O) groups is 1. The van der Waals surface area contributed by atoms with E-state index < -0.39 is 0 Å². The van der Waals surface area contributed by atoms with Crippen LogP contribution in [0.5, 0.6) is 11.6 Å². The Balaban J connectivity index is 1.50. The second-order valence-corrected chi connectivity index (χ2v) is 7.38. The van der Waals surface area contributed by atoms with Gasteiger partial charge in [0, 0.05) is 35.2 Å². The number of hydrogen-bond donors (Lipinski definition) is 2. The molecule has 4 aromatic rings. The van der Waals surface area contributed by atoms with Crippen molar-refractivity contribution in [2.45, 2.75) is 0 Å². The van der Waals surface area contributed by atoms with Gasteiger partial charge in [0.05, 0.1) is 11.3 Å². The van der Waals surface area contributed by atoms with Crippen LogP contribution in [0.2, 0.25) is 0 Å². The van der Waals surface area contributed by atoms with Crippen LogP contribution in [-0.2, 0) is 0 Å². The average molecular weight is 476 g/mol. The molecule has 0 aliphatic heterocycles. The molecule has 2 aromatic carbocycles. The molecule has 0 saturated heterocycles. The Hall–Kier alpha value is -3.78. The van der Waals surface area contributed by atoms with Crippen molar-refractivity contribution < 1.29 is 9.53 Å². The Morgan fingerprint density at radius 2 is 1.81 bits per heavy atom. The van der Waals surface area contributed by atoms with Crippen LogP contribution >= 0.6 is 15.9 Å². The average Bonchev–Trinajstić information content (AvgIpc) is 2.81. The Morgan fingerprint density at radius 3 is 2.58 bits per heavy atom. The zero-order valence-corrected chi connectivity index (χ0v) is 18.1. The van der Waals surface area contributed by atoms with E-state index in [9.17, 15) is 4.79 Å². The van der Waals surface area contributed by atoms with Crippen LogP contribution in [0.3, 0.4) is 0 Å². The van der Waals surface area contributed by atoms with Crippen LogP contribution in [0.25, 0.3) is 11.3 Å². The highest BCUT2D eigenvalue weighted by Crippen LogP contribution is 2.31. The van der Waals surface area contributed by atoms with Gasteiger partial charge in [0.25, 0.3) is 5.91 Å². The minimum Gasteiger partial charge on any atom is -0.438 e. The van der Waals surface area contributed by atoms with E-state index in [1.807, 2.05) is 24.3 Å². The highest BCUT2D eigenvalue weighted by molar-refractivity contribution is 9.10. The topological polar surface area (TPSA) is 89.0 Å². The molecule has 154 valence electrons. The van der Waals surface area contributed by atoms with Crippen molar-refractivity contribution in [1.82, 2.24) is 15.0 Å². The summed E-state index contributed by atoms with van der Waals surface area (Å²) in [6, 6.07) is 19.8. The third-order valence-electron chi connectivity index (χ3n) is 4.34. The highest BCUT2D eigenvalue weighted by atomic mass is 79.9. The molecular weight excluding hydrogens is 458 g/mol. The number of nitrogens with one attached hydrogen (secondary N) is 2. The standard InChI is InChI=1S/C23H18BrN5O2/c1-25-23-27-13-11-20(29-23)19-6-3-12-26-22(19)31-18-9-7-17(8-10-18)28-21(30)15-4-2-5-16(24)14-15/h2-14H,1H3,(H,28,30)(H,25,27,29). The number of ether oxygens (including phenoxy) is 1. The van der Waals surface area contributed by atoms with Gasteiger partial charge in [0.1, 0.15) is 5.75 Å². The number of anilines is 2. The van der Waals surface area contributed by atoms with Crippen LogP contribution in [0.1, 0.15) is 10.4 Å². The predicted octanol–water partition coefficient (Wildman–Crippen LogP) is 5.39. The lowest BCUT2D eigenvalue weighted by Gasteiger charge is -2.11. The first-order chi connectivity index (χ1) is 15.1. The van der Waals surface area contributed by atoms with Crippen molar-refractivity contribution in [3.05, 3.63) is 89.2 Å². The molecule has 0 saturated carbocycles. The monoisotopic (exact) mass is 475 g/mol. The fraction of sp³-hybridized carbons (Fsp3) is 0.0435. The Morgan fingerprint density at radius 1 is 0.968 bits per heavy atom. The van der Waals surface area contributed by atoms with E-state index >= 15 is 0 Å². The number of carbonyl (C=O) groups excluding carboxylic acids is 1. The van der Waals surface area contributed by atoms with Crippen LogP contribution < -0.4 is 15.4 Å². The lowest BCUT2D eigenvalue weighted by atomic mass is 10.2. The van der Waals surface area contributed by atoms with Gasteiger partial charge in [-0.1, -0.05) is 22.0 Å². The van der Waals surface area contributed by atoms with Crippen molar-refractivity contribution in [2.75, 3.05) is 17.7 Å². The molecule has 1 amide bonds. The van der Waals surface area contributed by atoms with E-state index in [1.54, 1.807) is 61.9 Å². The molecule has 0 aliphatic carbocycles. The van der Waals surface area contributed by atoms with Gasteiger partial charge in [-0.15, -0.1) is 0 Å². The molecule has 0 aliphatic rings. The maximum absolute atomic E-state index is 12.4. The van der Waals surface area contributed by atoms with E-state index in [-0.39, 0.29) is 5.91 Å². The summed E-state index contributed by atoms with van der Waals surface area (Å²) in [7, 11) is 1.76. The molecule has 0 unspecified atom stereocenters. The first-order valence-corrected chi connectivity index (χ1v) is 10.2. The van der Waals surface area contributed by atoms with Gasteiger partial charge in [-0.2, -0.15) is 0 Å². The van der Waals surface area contributed by atoms with Gasteiger partial charge in [-0.3, -0.25) is 4.79 Å². The Kier molecular flexibility index (Phi) is 6.18. The van der Waals surface area contributed by atoms with E-state index in [2.05, 4.69) is 41.5 Å². The van der Waals surface area contributed by atoms with Crippen LogP contribution in [-0.4, -0.2) is 27.9 Å². The van der Waals surface area contributed by atoms with Crippen molar-refractivity contribution in [1.29, 1.82) is 0 Å². The molecule has 2 N–H and O–H groups in total. The predicted molar refractivity (Wildman–Crippen MR) is 123 cm³/mol. The van der Waals surface area contributed by atoms with Crippen molar-refractivity contribution >= 4 is 33.5 Å². The first-order valence-electron chi connectivity index (χ1n) is 9.43. The molecule has 0 bridgehead atoms. The number of pyridine rings is 1. The quantitative estimate of drug-likeness (QED) is 0.388. The normalized spacial score (nSPS) is 10.4. The molecule has 0 radical (unpaired) electrons.